The van der Waals surface area contributed by atoms with E-state index in [0.717, 1.165) is 17.0 Å². The van der Waals surface area contributed by atoms with Crippen molar-refractivity contribution in [3.8, 4) is 0 Å². The van der Waals surface area contributed by atoms with E-state index in [1.165, 1.54) is 7.11 Å². The fourth-order valence-corrected chi connectivity index (χ4v) is 3.21. The molecule has 3 rings (SSSR count). The number of hydrogen-bond donors (Lipinski definition) is 2. The van der Waals surface area contributed by atoms with Gasteiger partial charge in [0, 0.05) is 23.7 Å². The maximum atomic E-state index is 12.8. The van der Waals surface area contributed by atoms with Crippen molar-refractivity contribution < 1.29 is 14.3 Å². The number of fused-ring (bicyclic) bond motifs is 1. The highest BCUT2D eigenvalue weighted by Crippen LogP contribution is 2.34. The van der Waals surface area contributed by atoms with Gasteiger partial charge in [0.05, 0.1) is 19.1 Å². The molecular formula is C17H19ClN4O3. The zero-order valence-electron chi connectivity index (χ0n) is 14.0. The average molecular weight is 363 g/mol. The van der Waals surface area contributed by atoms with E-state index in [1.807, 2.05) is 18.2 Å². The number of urea groups is 1. The number of aromatic nitrogens is 2. The molecule has 1 aliphatic rings. The molecule has 7 nitrogen and oxygen atoms in total. The van der Waals surface area contributed by atoms with Gasteiger partial charge in [-0.15, -0.1) is 0 Å². The van der Waals surface area contributed by atoms with Crippen LogP contribution in [-0.4, -0.2) is 46.6 Å². The molecule has 1 aliphatic heterocycles. The molecule has 2 N–H and O–H groups in total. The van der Waals surface area contributed by atoms with Gasteiger partial charge in [0.15, 0.2) is 0 Å². The molecule has 8 heteroatoms. The first-order valence-electron chi connectivity index (χ1n) is 7.94. The van der Waals surface area contributed by atoms with Crippen molar-refractivity contribution in [3.05, 3.63) is 52.6 Å². The number of methoxy groups -OCH3 is 1. The largest absolute Gasteiger partial charge is 0.467 e. The number of rotatable bonds is 3. The Morgan fingerprint density at radius 3 is 3.00 bits per heavy atom. The molecule has 0 radical (unpaired) electrons. The smallest absolute Gasteiger partial charge is 0.328 e. The number of aromatic amines is 1. The number of ether oxygens (including phenoxy) is 1. The van der Waals surface area contributed by atoms with Gasteiger partial charge in [0.25, 0.3) is 0 Å². The van der Waals surface area contributed by atoms with Crippen molar-refractivity contribution in [1.82, 2.24) is 20.2 Å². The third-order valence-electron chi connectivity index (χ3n) is 4.24. The molecule has 1 aromatic heterocycles. The van der Waals surface area contributed by atoms with Crippen molar-refractivity contribution in [2.75, 3.05) is 13.7 Å². The van der Waals surface area contributed by atoms with Gasteiger partial charge in [-0.05, 0) is 24.6 Å². The number of H-pyrrole nitrogens is 1. The summed E-state index contributed by atoms with van der Waals surface area (Å²) < 4.78 is 4.66. The number of halogens is 1. The minimum absolute atomic E-state index is 0.350. The zero-order valence-corrected chi connectivity index (χ0v) is 14.7. The summed E-state index contributed by atoms with van der Waals surface area (Å²) in [6.45, 7) is 2.08. The second-order valence-electron chi connectivity index (χ2n) is 5.86. The van der Waals surface area contributed by atoms with Gasteiger partial charge in [-0.2, -0.15) is 0 Å². The Morgan fingerprint density at radius 1 is 1.48 bits per heavy atom. The van der Waals surface area contributed by atoms with Gasteiger partial charge < -0.3 is 19.9 Å². The summed E-state index contributed by atoms with van der Waals surface area (Å²) in [5.41, 5.74) is 2.64. The minimum Gasteiger partial charge on any atom is -0.467 e. The number of nitrogens with zero attached hydrogens (tertiary/aromatic N) is 2. The number of benzene rings is 1. The Labute approximate surface area is 150 Å². The fraction of sp³-hybridized carbons (Fsp3) is 0.353. The summed E-state index contributed by atoms with van der Waals surface area (Å²) in [6.07, 6.45) is 2.28. The van der Waals surface area contributed by atoms with Crippen LogP contribution in [0, 0.1) is 0 Å². The Bertz CT molecular complexity index is 792. The summed E-state index contributed by atoms with van der Waals surface area (Å²) in [6, 6.07) is 5.88. The van der Waals surface area contributed by atoms with Crippen LogP contribution >= 0.6 is 11.6 Å². The van der Waals surface area contributed by atoms with Gasteiger partial charge in [0.1, 0.15) is 12.1 Å². The van der Waals surface area contributed by atoms with Crippen LogP contribution in [0.3, 0.4) is 0 Å². The Morgan fingerprint density at radius 2 is 2.28 bits per heavy atom. The highest BCUT2D eigenvalue weighted by Gasteiger charge is 2.35. The highest BCUT2D eigenvalue weighted by atomic mass is 35.5. The number of carbonyl (C=O) groups excluding carboxylic acids is 2. The number of amides is 2. The van der Waals surface area contributed by atoms with Crippen LogP contribution in [0.4, 0.5) is 4.79 Å². The van der Waals surface area contributed by atoms with Crippen LogP contribution in [0.25, 0.3) is 0 Å². The molecule has 0 spiro atoms. The van der Waals surface area contributed by atoms with Gasteiger partial charge in [-0.1, -0.05) is 23.7 Å². The number of imidazole rings is 1. The summed E-state index contributed by atoms with van der Waals surface area (Å²) in [4.78, 5) is 33.5. The first-order valence-corrected chi connectivity index (χ1v) is 8.31. The predicted molar refractivity (Wildman–Crippen MR) is 92.3 cm³/mol. The standard InChI is InChI=1S/C17H19ClN4O3/c1-10(16(23)25-2)21-17(24)22-7-6-13-14(20-9-19-13)15(22)11-4-3-5-12(18)8-11/h3-5,8-10,15H,6-7H2,1-2H3,(H,19,20)(H,21,24)/t10-,15?/m0/s1. The SMILES string of the molecule is COC(=O)[C@H](C)NC(=O)N1CCc2[nH]cnc2C1c1cccc(Cl)c1. The minimum atomic E-state index is -0.738. The molecule has 2 heterocycles. The van der Waals surface area contributed by atoms with Crippen LogP contribution in [-0.2, 0) is 16.0 Å². The molecule has 25 heavy (non-hydrogen) atoms. The van der Waals surface area contributed by atoms with E-state index in [4.69, 9.17) is 11.6 Å². The maximum absolute atomic E-state index is 12.8. The van der Waals surface area contributed by atoms with E-state index < -0.39 is 12.0 Å². The molecule has 0 saturated carbocycles. The summed E-state index contributed by atoms with van der Waals surface area (Å²) >= 11 is 6.13. The van der Waals surface area contributed by atoms with Gasteiger partial charge >= 0.3 is 12.0 Å². The summed E-state index contributed by atoms with van der Waals surface area (Å²) in [5.74, 6) is -0.495. The van der Waals surface area contributed by atoms with Crippen molar-refractivity contribution >= 4 is 23.6 Å². The first kappa shape index (κ1) is 17.3. The molecular weight excluding hydrogens is 344 g/mol. The monoisotopic (exact) mass is 362 g/mol. The molecule has 1 unspecified atom stereocenters. The Kier molecular flexibility index (Phi) is 4.94. The van der Waals surface area contributed by atoms with Gasteiger partial charge in [-0.25, -0.2) is 14.6 Å². The van der Waals surface area contributed by atoms with Gasteiger partial charge in [0.2, 0.25) is 0 Å². The summed E-state index contributed by atoms with van der Waals surface area (Å²) in [5, 5.41) is 3.27. The topological polar surface area (TPSA) is 87.3 Å². The van der Waals surface area contributed by atoms with E-state index >= 15 is 0 Å². The average Bonchev–Trinajstić information content (AvgIpc) is 3.08. The molecule has 1 aromatic carbocycles. The van der Waals surface area contributed by atoms with Crippen LogP contribution in [0.5, 0.6) is 0 Å². The van der Waals surface area contributed by atoms with E-state index in [0.29, 0.717) is 18.0 Å². The quantitative estimate of drug-likeness (QED) is 0.820. The second kappa shape index (κ2) is 7.14. The third-order valence-corrected chi connectivity index (χ3v) is 4.48. The highest BCUT2D eigenvalue weighted by molar-refractivity contribution is 6.30. The van der Waals surface area contributed by atoms with E-state index in [2.05, 4.69) is 20.0 Å². The number of esters is 1. The van der Waals surface area contributed by atoms with Crippen molar-refractivity contribution in [1.29, 1.82) is 0 Å². The molecule has 132 valence electrons. The lowest BCUT2D eigenvalue weighted by atomic mass is 9.96. The second-order valence-corrected chi connectivity index (χ2v) is 6.30. The zero-order chi connectivity index (χ0) is 18.0. The first-order chi connectivity index (χ1) is 12.0. The van der Waals surface area contributed by atoms with Crippen LogP contribution in [0.15, 0.2) is 30.6 Å². The third kappa shape index (κ3) is 3.46. The lowest BCUT2D eigenvalue weighted by Gasteiger charge is -2.35. The Hall–Kier alpha value is -2.54. The number of carbonyl (C=O) groups is 2. The van der Waals surface area contributed by atoms with Crippen LogP contribution in [0.2, 0.25) is 5.02 Å². The van der Waals surface area contributed by atoms with Crippen LogP contribution in [0.1, 0.15) is 29.9 Å². The molecule has 0 fully saturated rings. The molecule has 0 saturated heterocycles. The van der Waals surface area contributed by atoms with Crippen molar-refractivity contribution in [2.45, 2.75) is 25.4 Å². The molecule has 0 bridgehead atoms. The Balaban J connectivity index is 1.92. The van der Waals surface area contributed by atoms with E-state index in [-0.39, 0.29) is 12.1 Å². The van der Waals surface area contributed by atoms with E-state index in [9.17, 15) is 9.59 Å². The maximum Gasteiger partial charge on any atom is 0.328 e. The molecule has 2 atom stereocenters. The van der Waals surface area contributed by atoms with E-state index in [1.54, 1.807) is 24.2 Å². The van der Waals surface area contributed by atoms with Gasteiger partial charge in [-0.3, -0.25) is 0 Å². The predicted octanol–water partition coefficient (Wildman–Crippen LogP) is 2.28. The normalized spacial score (nSPS) is 17.6. The van der Waals surface area contributed by atoms with Crippen molar-refractivity contribution in [2.24, 2.45) is 0 Å². The molecule has 2 amide bonds. The van der Waals surface area contributed by atoms with Crippen molar-refractivity contribution in [3.63, 3.8) is 0 Å². The lowest BCUT2D eigenvalue weighted by molar-refractivity contribution is -0.142. The fourth-order valence-electron chi connectivity index (χ4n) is 3.01. The molecule has 0 aliphatic carbocycles. The number of hydrogen-bond acceptors (Lipinski definition) is 4. The lowest BCUT2D eigenvalue weighted by Crippen LogP contribution is -2.50. The number of nitrogens with one attached hydrogen (secondary N) is 2. The molecule has 2 aromatic rings. The summed E-state index contributed by atoms with van der Waals surface area (Å²) in [7, 11) is 1.29. The van der Waals surface area contributed by atoms with Crippen LogP contribution < -0.4 is 5.32 Å².